The first-order valence-electron chi connectivity index (χ1n) is 4.50. The average molecular weight is 221 g/mol. The van der Waals surface area contributed by atoms with Crippen molar-refractivity contribution in [2.45, 2.75) is 0 Å². The van der Waals surface area contributed by atoms with Crippen molar-refractivity contribution < 1.29 is 13.6 Å². The lowest BCUT2D eigenvalue weighted by atomic mass is 10.2. The van der Waals surface area contributed by atoms with Crippen molar-refractivity contribution in [3.05, 3.63) is 46.1 Å². The maximum atomic E-state index is 13.0. The Kier molecular flexibility index (Phi) is 2.68. The standard InChI is InChI=1S/C11H8FNO3/c1-15-13-5-7-6-16-10-3-2-8(12)4-9(10)11(7)14/h2-6H,1H3/b13-5+. The maximum absolute atomic E-state index is 13.0. The molecule has 0 aliphatic heterocycles. The van der Waals surface area contributed by atoms with E-state index in [4.69, 9.17) is 4.42 Å². The highest BCUT2D eigenvalue weighted by atomic mass is 19.1. The highest BCUT2D eigenvalue weighted by Gasteiger charge is 2.06. The highest BCUT2D eigenvalue weighted by Crippen LogP contribution is 2.12. The lowest BCUT2D eigenvalue weighted by Crippen LogP contribution is -2.08. The van der Waals surface area contributed by atoms with E-state index in [-0.39, 0.29) is 16.4 Å². The molecule has 1 aromatic carbocycles. The molecule has 0 fully saturated rings. The minimum absolute atomic E-state index is 0.181. The van der Waals surface area contributed by atoms with Crippen molar-refractivity contribution >= 4 is 17.2 Å². The number of rotatable bonds is 2. The Morgan fingerprint density at radius 1 is 1.50 bits per heavy atom. The van der Waals surface area contributed by atoms with Crippen LogP contribution in [0.3, 0.4) is 0 Å². The molecular weight excluding hydrogens is 213 g/mol. The van der Waals surface area contributed by atoms with Crippen molar-refractivity contribution in [1.82, 2.24) is 0 Å². The van der Waals surface area contributed by atoms with Gasteiger partial charge in [-0.05, 0) is 18.2 Å². The predicted octanol–water partition coefficient (Wildman–Crippen LogP) is 1.91. The van der Waals surface area contributed by atoms with E-state index in [1.54, 1.807) is 0 Å². The van der Waals surface area contributed by atoms with Gasteiger partial charge in [0.2, 0.25) is 5.43 Å². The molecule has 0 N–H and O–H groups in total. The summed E-state index contributed by atoms with van der Waals surface area (Å²) in [7, 11) is 1.36. The monoisotopic (exact) mass is 221 g/mol. The van der Waals surface area contributed by atoms with Crippen molar-refractivity contribution in [3.8, 4) is 0 Å². The summed E-state index contributed by atoms with van der Waals surface area (Å²) in [6, 6.07) is 3.77. The summed E-state index contributed by atoms with van der Waals surface area (Å²) in [6.07, 6.45) is 2.47. The van der Waals surface area contributed by atoms with Crippen LogP contribution in [0.1, 0.15) is 5.56 Å². The van der Waals surface area contributed by atoms with E-state index in [0.29, 0.717) is 5.58 Å². The number of halogens is 1. The fourth-order valence-electron chi connectivity index (χ4n) is 1.32. The number of fused-ring (bicyclic) bond motifs is 1. The van der Waals surface area contributed by atoms with Gasteiger partial charge in [-0.1, -0.05) is 5.16 Å². The fourth-order valence-corrected chi connectivity index (χ4v) is 1.32. The molecule has 0 saturated carbocycles. The van der Waals surface area contributed by atoms with Gasteiger partial charge in [0.05, 0.1) is 17.2 Å². The zero-order chi connectivity index (χ0) is 11.5. The zero-order valence-electron chi connectivity index (χ0n) is 8.44. The third-order valence-corrected chi connectivity index (χ3v) is 2.06. The van der Waals surface area contributed by atoms with Gasteiger partial charge < -0.3 is 9.25 Å². The van der Waals surface area contributed by atoms with E-state index in [1.807, 2.05) is 0 Å². The normalized spacial score (nSPS) is 11.1. The molecule has 0 radical (unpaired) electrons. The molecule has 0 saturated heterocycles. The Labute approximate surface area is 89.9 Å². The van der Waals surface area contributed by atoms with E-state index >= 15 is 0 Å². The van der Waals surface area contributed by atoms with E-state index in [0.717, 1.165) is 6.07 Å². The lowest BCUT2D eigenvalue weighted by molar-refractivity contribution is 0.215. The molecule has 2 rings (SSSR count). The minimum atomic E-state index is -0.486. The summed E-state index contributed by atoms with van der Waals surface area (Å²) in [5.41, 5.74) is 0.197. The van der Waals surface area contributed by atoms with Crippen molar-refractivity contribution in [3.63, 3.8) is 0 Å². The number of benzene rings is 1. The number of hydrogen-bond acceptors (Lipinski definition) is 4. The molecule has 0 bridgehead atoms. The highest BCUT2D eigenvalue weighted by molar-refractivity contribution is 5.85. The molecule has 0 spiro atoms. The number of nitrogens with zero attached hydrogens (tertiary/aromatic N) is 1. The second-order valence-electron chi connectivity index (χ2n) is 3.08. The molecule has 82 valence electrons. The third-order valence-electron chi connectivity index (χ3n) is 2.06. The quantitative estimate of drug-likeness (QED) is 0.575. The Balaban J connectivity index is 2.68. The van der Waals surface area contributed by atoms with Crippen molar-refractivity contribution in [1.29, 1.82) is 0 Å². The molecule has 0 unspecified atom stereocenters. The van der Waals surface area contributed by atoms with Gasteiger partial charge in [0, 0.05) is 0 Å². The third kappa shape index (κ3) is 1.79. The summed E-state index contributed by atoms with van der Waals surface area (Å²) < 4.78 is 18.1. The smallest absolute Gasteiger partial charge is 0.201 e. The molecule has 0 amide bonds. The molecule has 5 heteroatoms. The SMILES string of the molecule is CO/N=C/c1coc2ccc(F)cc2c1=O. The van der Waals surface area contributed by atoms with E-state index in [1.165, 1.54) is 31.7 Å². The van der Waals surface area contributed by atoms with E-state index < -0.39 is 5.82 Å². The van der Waals surface area contributed by atoms with Gasteiger partial charge >= 0.3 is 0 Å². The Hall–Kier alpha value is -2.17. The van der Waals surface area contributed by atoms with E-state index in [2.05, 4.69) is 9.99 Å². The molecular formula is C11H8FNO3. The van der Waals surface area contributed by atoms with Crippen molar-refractivity contribution in [2.75, 3.05) is 7.11 Å². The van der Waals surface area contributed by atoms with Crippen LogP contribution >= 0.6 is 0 Å². The second kappa shape index (κ2) is 4.14. The van der Waals surface area contributed by atoms with Crippen LogP contribution in [0.5, 0.6) is 0 Å². The maximum Gasteiger partial charge on any atom is 0.201 e. The number of oxime groups is 1. The minimum Gasteiger partial charge on any atom is -0.463 e. The molecule has 1 aromatic heterocycles. The first-order chi connectivity index (χ1) is 7.72. The van der Waals surface area contributed by atoms with Gasteiger partial charge in [0.1, 0.15) is 24.8 Å². The van der Waals surface area contributed by atoms with Crippen LogP contribution in [0.4, 0.5) is 4.39 Å². The summed E-state index contributed by atoms with van der Waals surface area (Å²) in [4.78, 5) is 16.3. The molecule has 4 nitrogen and oxygen atoms in total. The fraction of sp³-hybridized carbons (Fsp3) is 0.0909. The molecule has 2 aromatic rings. The Bertz CT molecular complexity index is 604. The van der Waals surface area contributed by atoms with Gasteiger partial charge in [-0.15, -0.1) is 0 Å². The van der Waals surface area contributed by atoms with Crippen LogP contribution in [0, 0.1) is 5.82 Å². The largest absolute Gasteiger partial charge is 0.463 e. The zero-order valence-corrected chi connectivity index (χ0v) is 8.44. The van der Waals surface area contributed by atoms with Gasteiger partial charge in [-0.3, -0.25) is 4.79 Å². The second-order valence-corrected chi connectivity index (χ2v) is 3.08. The van der Waals surface area contributed by atoms with Gasteiger partial charge in [-0.25, -0.2) is 4.39 Å². The Morgan fingerprint density at radius 3 is 3.06 bits per heavy atom. The van der Waals surface area contributed by atoms with Crippen LogP contribution in [-0.4, -0.2) is 13.3 Å². The van der Waals surface area contributed by atoms with Crippen LogP contribution in [0.25, 0.3) is 11.0 Å². The van der Waals surface area contributed by atoms with Gasteiger partial charge in [0.15, 0.2) is 0 Å². The molecule has 0 aliphatic carbocycles. The molecule has 1 heterocycles. The van der Waals surface area contributed by atoms with Crippen LogP contribution < -0.4 is 5.43 Å². The van der Waals surface area contributed by atoms with Crippen LogP contribution in [-0.2, 0) is 4.84 Å². The van der Waals surface area contributed by atoms with Crippen LogP contribution in [0.15, 0.2) is 38.8 Å². The molecule has 16 heavy (non-hydrogen) atoms. The van der Waals surface area contributed by atoms with Crippen LogP contribution in [0.2, 0.25) is 0 Å². The lowest BCUT2D eigenvalue weighted by Gasteiger charge is -1.97. The van der Waals surface area contributed by atoms with Crippen molar-refractivity contribution in [2.24, 2.45) is 5.16 Å². The van der Waals surface area contributed by atoms with Gasteiger partial charge in [-0.2, -0.15) is 0 Å². The van der Waals surface area contributed by atoms with Gasteiger partial charge in [0.25, 0.3) is 0 Å². The predicted molar refractivity (Wildman–Crippen MR) is 57.0 cm³/mol. The first kappa shape index (κ1) is 10.4. The number of hydrogen-bond donors (Lipinski definition) is 0. The molecule has 0 aliphatic rings. The van der Waals surface area contributed by atoms with E-state index in [9.17, 15) is 9.18 Å². The Morgan fingerprint density at radius 2 is 2.31 bits per heavy atom. The molecule has 0 atom stereocenters. The summed E-state index contributed by atoms with van der Waals surface area (Å²) in [6.45, 7) is 0. The summed E-state index contributed by atoms with van der Waals surface area (Å²) in [5, 5.41) is 3.63. The summed E-state index contributed by atoms with van der Waals surface area (Å²) in [5.74, 6) is -0.486. The summed E-state index contributed by atoms with van der Waals surface area (Å²) >= 11 is 0. The average Bonchev–Trinajstić information content (AvgIpc) is 2.29. The first-order valence-corrected chi connectivity index (χ1v) is 4.50. The topological polar surface area (TPSA) is 51.8 Å².